The van der Waals surface area contributed by atoms with Gasteiger partial charge in [-0.2, -0.15) is 0 Å². The van der Waals surface area contributed by atoms with Crippen molar-refractivity contribution in [2.24, 2.45) is 0 Å². The van der Waals surface area contributed by atoms with Crippen LogP contribution in [0.2, 0.25) is 0 Å². The lowest BCUT2D eigenvalue weighted by Crippen LogP contribution is -2.18. The number of furan rings is 1. The van der Waals surface area contributed by atoms with Gasteiger partial charge in [0.2, 0.25) is 5.09 Å². The molecule has 1 atom stereocenters. The number of rotatable bonds is 6. The molecule has 0 bridgehead atoms. The van der Waals surface area contributed by atoms with Gasteiger partial charge in [0.1, 0.15) is 5.76 Å². The molecular formula is C13H19N3O3S2. The maximum atomic E-state index is 11.6. The van der Waals surface area contributed by atoms with Crippen molar-refractivity contribution in [1.29, 1.82) is 0 Å². The first-order valence-corrected chi connectivity index (χ1v) is 8.83. The van der Waals surface area contributed by atoms with Crippen LogP contribution >= 0.6 is 11.3 Å². The molecule has 8 heteroatoms. The average molecular weight is 329 g/mol. The zero-order valence-electron chi connectivity index (χ0n) is 12.4. The third-order valence-corrected chi connectivity index (χ3v) is 5.63. The summed E-state index contributed by atoms with van der Waals surface area (Å²) in [6.45, 7) is 6.47. The lowest BCUT2D eigenvalue weighted by Gasteiger charge is -2.11. The van der Waals surface area contributed by atoms with Gasteiger partial charge in [0.25, 0.3) is 10.0 Å². The summed E-state index contributed by atoms with van der Waals surface area (Å²) >= 11 is 1.66. The molecule has 0 aliphatic heterocycles. The fourth-order valence-corrected chi connectivity index (χ4v) is 3.61. The molecule has 2 rings (SSSR count). The fourth-order valence-electron chi connectivity index (χ4n) is 1.99. The van der Waals surface area contributed by atoms with Crippen molar-refractivity contribution in [3.8, 4) is 0 Å². The zero-order valence-corrected chi connectivity index (χ0v) is 14.1. The van der Waals surface area contributed by atoms with E-state index in [4.69, 9.17) is 4.42 Å². The molecule has 0 aliphatic carbocycles. The molecule has 21 heavy (non-hydrogen) atoms. The van der Waals surface area contributed by atoms with Gasteiger partial charge >= 0.3 is 0 Å². The number of hydrogen-bond acceptors (Lipinski definition) is 6. The monoisotopic (exact) mass is 329 g/mol. The summed E-state index contributed by atoms with van der Waals surface area (Å²) in [5.74, 6) is 0.578. The van der Waals surface area contributed by atoms with E-state index in [1.807, 2.05) is 20.8 Å². The van der Waals surface area contributed by atoms with E-state index in [1.165, 1.54) is 18.0 Å². The molecule has 0 saturated carbocycles. The summed E-state index contributed by atoms with van der Waals surface area (Å²) in [7, 11) is -2.17. The molecule has 0 radical (unpaired) electrons. The largest absolute Gasteiger partial charge is 0.447 e. The second-order valence-corrected chi connectivity index (χ2v) is 7.77. The molecule has 0 saturated heterocycles. The molecule has 2 aromatic rings. The van der Waals surface area contributed by atoms with Crippen LogP contribution in [0.25, 0.3) is 0 Å². The third kappa shape index (κ3) is 3.70. The van der Waals surface area contributed by atoms with Crippen LogP contribution in [0, 0.1) is 13.8 Å². The van der Waals surface area contributed by atoms with Crippen molar-refractivity contribution in [1.82, 2.24) is 15.0 Å². The summed E-state index contributed by atoms with van der Waals surface area (Å²) in [5, 5.41) is 4.28. The van der Waals surface area contributed by atoms with Crippen molar-refractivity contribution >= 4 is 21.4 Å². The highest BCUT2D eigenvalue weighted by Gasteiger charge is 2.17. The summed E-state index contributed by atoms with van der Waals surface area (Å²) in [4.78, 5) is 5.58. The van der Waals surface area contributed by atoms with Crippen molar-refractivity contribution in [3.05, 3.63) is 33.5 Å². The molecule has 0 amide bonds. The molecular weight excluding hydrogens is 310 g/mol. The molecule has 2 heterocycles. The summed E-state index contributed by atoms with van der Waals surface area (Å²) < 4.78 is 30.7. The first-order valence-electron chi connectivity index (χ1n) is 6.53. The van der Waals surface area contributed by atoms with Gasteiger partial charge in [-0.3, -0.25) is 0 Å². The maximum Gasteiger partial charge on any atom is 0.273 e. The SMILES string of the molecule is CNS(=O)(=O)c1ccc(CNC(C)c2sc(C)nc2C)o1. The Morgan fingerprint density at radius 2 is 2.10 bits per heavy atom. The fraction of sp³-hybridized carbons (Fsp3) is 0.462. The van der Waals surface area contributed by atoms with E-state index in [2.05, 4.69) is 15.0 Å². The van der Waals surface area contributed by atoms with Crippen LogP contribution in [-0.2, 0) is 16.6 Å². The zero-order chi connectivity index (χ0) is 15.6. The normalized spacial score (nSPS) is 13.5. The Kier molecular flexibility index (Phi) is 4.82. The van der Waals surface area contributed by atoms with Crippen molar-refractivity contribution in [2.45, 2.75) is 38.5 Å². The number of nitrogens with one attached hydrogen (secondary N) is 2. The van der Waals surface area contributed by atoms with Crippen LogP contribution in [-0.4, -0.2) is 20.4 Å². The number of nitrogens with zero attached hydrogens (tertiary/aromatic N) is 1. The first kappa shape index (κ1) is 16.2. The minimum absolute atomic E-state index is 0.0701. The number of thiazole rings is 1. The van der Waals surface area contributed by atoms with Gasteiger partial charge in [0, 0.05) is 10.9 Å². The quantitative estimate of drug-likeness (QED) is 0.848. The molecule has 0 fully saturated rings. The van der Waals surface area contributed by atoms with Crippen molar-refractivity contribution in [2.75, 3.05) is 7.05 Å². The molecule has 6 nitrogen and oxygen atoms in total. The highest BCUT2D eigenvalue weighted by molar-refractivity contribution is 7.89. The predicted molar refractivity (Wildman–Crippen MR) is 81.8 cm³/mol. The summed E-state index contributed by atoms with van der Waals surface area (Å²) in [6.07, 6.45) is 0. The van der Waals surface area contributed by atoms with E-state index in [9.17, 15) is 8.42 Å². The van der Waals surface area contributed by atoms with Gasteiger partial charge in [-0.25, -0.2) is 18.1 Å². The molecule has 1 unspecified atom stereocenters. The molecule has 0 spiro atoms. The Labute approximate surface area is 128 Å². The second kappa shape index (κ2) is 6.27. The van der Waals surface area contributed by atoms with Crippen LogP contribution in [0.5, 0.6) is 0 Å². The second-order valence-electron chi connectivity index (χ2n) is 4.71. The number of aryl methyl sites for hydroxylation is 2. The maximum absolute atomic E-state index is 11.6. The lowest BCUT2D eigenvalue weighted by molar-refractivity contribution is 0.392. The van der Waals surface area contributed by atoms with Crippen LogP contribution in [0.1, 0.15) is 34.3 Å². The van der Waals surface area contributed by atoms with Gasteiger partial charge in [0.15, 0.2) is 0 Å². The first-order chi connectivity index (χ1) is 9.83. The Balaban J connectivity index is 2.02. The Hall–Kier alpha value is -1.22. The number of aromatic nitrogens is 1. The van der Waals surface area contributed by atoms with Crippen LogP contribution < -0.4 is 10.0 Å². The van der Waals surface area contributed by atoms with E-state index >= 15 is 0 Å². The highest BCUT2D eigenvalue weighted by Crippen LogP contribution is 2.24. The predicted octanol–water partition coefficient (Wildman–Crippen LogP) is 2.11. The Morgan fingerprint density at radius 3 is 2.67 bits per heavy atom. The standard InChI is InChI=1S/C13H19N3O3S2/c1-8(13-9(2)16-10(3)20-13)15-7-11-5-6-12(19-11)21(17,18)14-4/h5-6,8,14-15H,7H2,1-4H3. The van der Waals surface area contributed by atoms with E-state index in [0.29, 0.717) is 12.3 Å². The van der Waals surface area contributed by atoms with Crippen molar-refractivity contribution in [3.63, 3.8) is 0 Å². The molecule has 0 aliphatic rings. The minimum atomic E-state index is -3.52. The van der Waals surface area contributed by atoms with E-state index in [-0.39, 0.29) is 11.1 Å². The van der Waals surface area contributed by atoms with Crippen molar-refractivity contribution < 1.29 is 12.8 Å². The Bertz CT molecular complexity index is 719. The lowest BCUT2D eigenvalue weighted by atomic mass is 10.2. The van der Waals surface area contributed by atoms with E-state index in [0.717, 1.165) is 10.7 Å². The highest BCUT2D eigenvalue weighted by atomic mass is 32.2. The molecule has 116 valence electrons. The number of hydrogen-bond donors (Lipinski definition) is 2. The molecule has 2 N–H and O–H groups in total. The van der Waals surface area contributed by atoms with E-state index in [1.54, 1.807) is 17.4 Å². The summed E-state index contributed by atoms with van der Waals surface area (Å²) in [5.41, 5.74) is 1.02. The topological polar surface area (TPSA) is 84.2 Å². The van der Waals surface area contributed by atoms with Gasteiger partial charge in [-0.15, -0.1) is 11.3 Å². The smallest absolute Gasteiger partial charge is 0.273 e. The molecule has 0 aromatic carbocycles. The van der Waals surface area contributed by atoms with Gasteiger partial charge in [0.05, 0.1) is 17.2 Å². The van der Waals surface area contributed by atoms with Gasteiger partial charge in [-0.1, -0.05) is 0 Å². The molecule has 2 aromatic heterocycles. The van der Waals surface area contributed by atoms with E-state index < -0.39 is 10.0 Å². The van der Waals surface area contributed by atoms with Crippen LogP contribution in [0.4, 0.5) is 0 Å². The van der Waals surface area contributed by atoms with Crippen LogP contribution in [0.3, 0.4) is 0 Å². The van der Waals surface area contributed by atoms with Gasteiger partial charge in [-0.05, 0) is 40.0 Å². The van der Waals surface area contributed by atoms with Crippen LogP contribution in [0.15, 0.2) is 21.6 Å². The average Bonchev–Trinajstić information content (AvgIpc) is 3.03. The Morgan fingerprint density at radius 1 is 1.38 bits per heavy atom. The number of sulfonamides is 1. The summed E-state index contributed by atoms with van der Waals surface area (Å²) in [6, 6.07) is 3.25. The third-order valence-electron chi connectivity index (χ3n) is 3.09. The van der Waals surface area contributed by atoms with Gasteiger partial charge < -0.3 is 9.73 Å². The minimum Gasteiger partial charge on any atom is -0.447 e.